The van der Waals surface area contributed by atoms with Crippen molar-refractivity contribution in [3.8, 4) is 0 Å². The summed E-state index contributed by atoms with van der Waals surface area (Å²) in [6.45, 7) is 57.0. The van der Waals surface area contributed by atoms with Gasteiger partial charge < -0.3 is 29.8 Å². The number of halogens is 2. The van der Waals surface area contributed by atoms with Gasteiger partial charge in [-0.3, -0.25) is 4.79 Å². The van der Waals surface area contributed by atoms with Crippen molar-refractivity contribution in [2.24, 2.45) is 55.5 Å². The minimum Gasteiger partial charge on any atom is -0.394 e. The number of ether oxygens (including phenoxy) is 4. The molecule has 1 amide bonds. The molecule has 3 atom stereocenters. The van der Waals surface area contributed by atoms with E-state index in [4.69, 9.17) is 25.1 Å². The van der Waals surface area contributed by atoms with Crippen molar-refractivity contribution in [3.63, 3.8) is 0 Å². The lowest BCUT2D eigenvalue weighted by Crippen LogP contribution is -2.22. The molecule has 0 radical (unpaired) electrons. The predicted octanol–water partition coefficient (Wildman–Crippen LogP) is 16.1. The Morgan fingerprint density at radius 1 is 0.597 bits per heavy atom. The van der Waals surface area contributed by atoms with E-state index in [0.717, 1.165) is 45.0 Å². The maximum atomic E-state index is 11.4. The van der Waals surface area contributed by atoms with Crippen LogP contribution in [0, 0.1) is 49.7 Å². The number of alkyl halides is 2. The number of hydrogen-bond donors (Lipinski definition) is 2. The molecule has 0 aromatic carbocycles. The van der Waals surface area contributed by atoms with Crippen LogP contribution in [0.4, 0.5) is 8.78 Å². The van der Waals surface area contributed by atoms with Crippen molar-refractivity contribution in [1.82, 2.24) is 0 Å². The number of methoxy groups -OCH3 is 2. The molecule has 0 rings (SSSR count). The lowest BCUT2D eigenvalue weighted by atomic mass is 9.81. The predicted molar refractivity (Wildman–Crippen MR) is 270 cm³/mol. The maximum Gasteiger partial charge on any atom is 0.345 e. The zero-order valence-corrected chi connectivity index (χ0v) is 47.3. The molecule has 0 bridgehead atoms. The van der Waals surface area contributed by atoms with Crippen LogP contribution in [0.25, 0.3) is 0 Å². The van der Waals surface area contributed by atoms with Gasteiger partial charge in [-0.15, -0.1) is 0 Å². The molecular weight excluding hydrogens is 785 g/mol. The first kappa shape index (κ1) is 75.4. The number of aliphatic hydroxyl groups is 1. The van der Waals surface area contributed by atoms with E-state index in [2.05, 4.69) is 157 Å². The lowest BCUT2D eigenvalue weighted by molar-refractivity contribution is -0.133. The van der Waals surface area contributed by atoms with Crippen molar-refractivity contribution in [3.05, 3.63) is 0 Å². The Balaban J connectivity index is -0.000000114. The number of carbonyl (C=O) groups excluding carboxylic acids is 1. The van der Waals surface area contributed by atoms with Crippen molar-refractivity contribution in [2.45, 2.75) is 244 Å². The molecule has 0 fully saturated rings. The third kappa shape index (κ3) is 86.3. The second kappa shape index (κ2) is 39.3. The Morgan fingerprint density at radius 2 is 0.984 bits per heavy atom. The van der Waals surface area contributed by atoms with Crippen LogP contribution >= 0.6 is 0 Å². The molecule has 7 nitrogen and oxygen atoms in total. The average Bonchev–Trinajstić information content (AvgIpc) is 3.04. The molecule has 0 saturated heterocycles. The summed E-state index contributed by atoms with van der Waals surface area (Å²) in [5, 5.41) is 8.76. The molecule has 384 valence electrons. The summed E-state index contributed by atoms with van der Waals surface area (Å²) in [6.07, 6.45) is 8.05. The Bertz CT molecular complexity index is 937. The van der Waals surface area contributed by atoms with Crippen LogP contribution in [-0.4, -0.2) is 71.0 Å². The standard InChI is InChI=1S/C8H18O2.2C8H18O.C8H18.C7H14F2O.C7H15NO.C7H16/c1-8(2,3)5-7(6-9)10-4;1-7(6-9-5)8(2,3)4;1-5-9-7-6-8(2,3)4;1-6-7(2)8(3,4)5;1-7(2,3)4-5-10-6(8)9;1-7(2,3)5-4-6(8)9;1-5-6-7(2,3)4/h7,9H,5-6H2,1-4H3;7H,6H2,1-5H3;5-7H2,1-4H3;7H,6H2,1-5H3;6H,4-5H2,1-3H3;4-5H2,1-3H3,(H2,8,9);5-6H2,1-4H3. The number of rotatable bonds is 15. The van der Waals surface area contributed by atoms with E-state index in [1.54, 1.807) is 14.2 Å². The molecule has 0 saturated carbocycles. The Hall–Kier alpha value is -0.870. The second-order valence-corrected chi connectivity index (χ2v) is 25.0. The fraction of sp³-hybridized carbons (Fsp3) is 0.981. The van der Waals surface area contributed by atoms with Crippen LogP contribution < -0.4 is 5.73 Å². The highest BCUT2D eigenvalue weighted by Crippen LogP contribution is 2.27. The molecule has 0 aliphatic carbocycles. The molecule has 0 aliphatic heterocycles. The van der Waals surface area contributed by atoms with Crippen LogP contribution in [0.5, 0.6) is 0 Å². The third-order valence-electron chi connectivity index (χ3n) is 9.78. The quantitative estimate of drug-likeness (QED) is 0.159. The zero-order chi connectivity index (χ0) is 51.4. The Kier molecular flexibility index (Phi) is 47.8. The summed E-state index contributed by atoms with van der Waals surface area (Å²) >= 11 is 0. The first-order valence-corrected chi connectivity index (χ1v) is 23.8. The molecule has 3 unspecified atom stereocenters. The van der Waals surface area contributed by atoms with Gasteiger partial charge in [0, 0.05) is 40.5 Å². The minimum absolute atomic E-state index is 0.000000000000000444. The first-order chi connectivity index (χ1) is 27.4. The number of primary amides is 1. The summed E-state index contributed by atoms with van der Waals surface area (Å²) in [7, 11) is 3.38. The molecule has 0 aliphatic rings. The van der Waals surface area contributed by atoms with Crippen molar-refractivity contribution in [1.29, 1.82) is 0 Å². The smallest absolute Gasteiger partial charge is 0.345 e. The summed E-state index contributed by atoms with van der Waals surface area (Å²) in [5.41, 5.74) is 7.38. The monoisotopic (exact) mass is 902 g/mol. The van der Waals surface area contributed by atoms with Gasteiger partial charge in [0.15, 0.2) is 0 Å². The van der Waals surface area contributed by atoms with Crippen molar-refractivity contribution < 1.29 is 37.6 Å². The van der Waals surface area contributed by atoms with E-state index in [1.807, 2.05) is 27.7 Å². The van der Waals surface area contributed by atoms with Crippen LogP contribution in [0.15, 0.2) is 0 Å². The SMILES string of the molecule is CC(C)(C)CCC(N)=O.CC(C)(C)CCOC(F)F.CCC(C)C(C)(C)C.CCCC(C)(C)C.CCOCCC(C)(C)C.COC(CO)CC(C)(C)C.COCC(C)C(C)(C)C. The van der Waals surface area contributed by atoms with E-state index in [0.29, 0.717) is 40.4 Å². The number of aliphatic hydroxyl groups excluding tert-OH is 1. The van der Waals surface area contributed by atoms with Gasteiger partial charge in [0.05, 0.1) is 19.3 Å². The van der Waals surface area contributed by atoms with E-state index in [1.165, 1.54) is 19.3 Å². The second-order valence-electron chi connectivity index (χ2n) is 25.0. The van der Waals surface area contributed by atoms with Crippen molar-refractivity contribution in [2.75, 3.05) is 47.3 Å². The highest BCUT2D eigenvalue weighted by molar-refractivity contribution is 5.73. The highest BCUT2D eigenvalue weighted by Gasteiger charge is 2.20. The molecule has 9 heteroatoms. The molecule has 0 spiro atoms. The summed E-state index contributed by atoms with van der Waals surface area (Å²) in [6, 6.07) is 0. The number of carbonyl (C=O) groups is 1. The van der Waals surface area contributed by atoms with Crippen molar-refractivity contribution >= 4 is 5.91 Å². The molecule has 3 N–H and O–H groups in total. The Labute approximate surface area is 389 Å². The Morgan fingerprint density at radius 3 is 1.13 bits per heavy atom. The van der Waals surface area contributed by atoms with Crippen LogP contribution in [0.3, 0.4) is 0 Å². The normalized spacial score (nSPS) is 13.6. The van der Waals surface area contributed by atoms with Crippen LogP contribution in [0.1, 0.15) is 231 Å². The van der Waals surface area contributed by atoms with Gasteiger partial charge in [-0.25, -0.2) is 0 Å². The molecule has 62 heavy (non-hydrogen) atoms. The molecule has 0 aromatic heterocycles. The number of hydrogen-bond acceptors (Lipinski definition) is 6. The van der Waals surface area contributed by atoms with Crippen LogP contribution in [-0.2, 0) is 23.7 Å². The third-order valence-corrected chi connectivity index (χ3v) is 9.78. The molecule has 0 aromatic rings. The summed E-state index contributed by atoms with van der Waals surface area (Å²) < 4.78 is 42.1. The van der Waals surface area contributed by atoms with E-state index >= 15 is 0 Å². The summed E-state index contributed by atoms with van der Waals surface area (Å²) in [5.74, 6) is 1.29. The van der Waals surface area contributed by atoms with Gasteiger partial charge in [-0.2, -0.15) is 8.78 Å². The fourth-order valence-corrected chi connectivity index (χ4v) is 4.24. The molecular formula is C53H117F2NO6. The topological polar surface area (TPSA) is 100 Å². The number of nitrogens with two attached hydrogens (primary N) is 1. The van der Waals surface area contributed by atoms with Gasteiger partial charge in [0.25, 0.3) is 0 Å². The van der Waals surface area contributed by atoms with E-state index < -0.39 is 6.61 Å². The fourth-order valence-electron chi connectivity index (χ4n) is 4.24. The van der Waals surface area contributed by atoms with Gasteiger partial charge in [-0.1, -0.05) is 186 Å². The van der Waals surface area contributed by atoms with Crippen LogP contribution in [0.2, 0.25) is 0 Å². The van der Waals surface area contributed by atoms with E-state index in [-0.39, 0.29) is 41.5 Å². The number of amides is 1. The lowest BCUT2D eigenvalue weighted by Gasteiger charge is -2.26. The minimum atomic E-state index is -2.62. The van der Waals surface area contributed by atoms with E-state index in [9.17, 15) is 13.6 Å². The highest BCUT2D eigenvalue weighted by atomic mass is 19.3. The van der Waals surface area contributed by atoms with Gasteiger partial charge in [-0.05, 0) is 88.8 Å². The van der Waals surface area contributed by atoms with Gasteiger partial charge in [0.2, 0.25) is 5.91 Å². The zero-order valence-electron chi connectivity index (χ0n) is 47.3. The maximum absolute atomic E-state index is 11.4. The van der Waals surface area contributed by atoms with Gasteiger partial charge in [0.1, 0.15) is 0 Å². The average molecular weight is 903 g/mol. The van der Waals surface area contributed by atoms with Gasteiger partial charge >= 0.3 is 6.61 Å². The summed E-state index contributed by atoms with van der Waals surface area (Å²) in [4.78, 5) is 10.3. The first-order valence-electron chi connectivity index (χ1n) is 23.8. The largest absolute Gasteiger partial charge is 0.394 e. The molecule has 0 heterocycles.